The number of fused-ring (bicyclic) bond motifs is 1. The smallest absolute Gasteiger partial charge is 0.408 e. The molecule has 0 aliphatic carbocycles. The lowest BCUT2D eigenvalue weighted by atomic mass is 10.3. The number of anilines is 1. The van der Waals surface area contributed by atoms with Crippen molar-refractivity contribution in [3.05, 3.63) is 56.0 Å². The fourth-order valence-electron chi connectivity index (χ4n) is 2.34. The Morgan fingerprint density at radius 3 is 2.44 bits per heavy atom. The van der Waals surface area contributed by atoms with E-state index < -0.39 is 15.8 Å². The summed E-state index contributed by atoms with van der Waals surface area (Å²) in [5.41, 5.74) is 0.773. The molecule has 0 bridgehead atoms. The Labute approximate surface area is 158 Å². The van der Waals surface area contributed by atoms with Crippen LogP contribution < -0.4 is 10.5 Å². The predicted molar refractivity (Wildman–Crippen MR) is 98.4 cm³/mol. The van der Waals surface area contributed by atoms with Gasteiger partial charge in [0.1, 0.15) is 4.90 Å². The number of aromatic nitrogens is 1. The zero-order valence-electron chi connectivity index (χ0n) is 12.7. The number of hydrogen-bond acceptors (Lipinski definition) is 4. The third kappa shape index (κ3) is 3.37. The highest BCUT2D eigenvalue weighted by atomic mass is 35.5. The molecule has 2 aromatic carbocycles. The van der Waals surface area contributed by atoms with Crippen LogP contribution in [0.2, 0.25) is 15.1 Å². The fourth-order valence-corrected chi connectivity index (χ4v) is 4.23. The lowest BCUT2D eigenvalue weighted by Gasteiger charge is -2.10. The average Bonchev–Trinajstić information content (AvgIpc) is 2.84. The highest BCUT2D eigenvalue weighted by molar-refractivity contribution is 7.92. The van der Waals surface area contributed by atoms with Crippen molar-refractivity contribution in [2.75, 3.05) is 4.72 Å². The maximum absolute atomic E-state index is 12.6. The van der Waals surface area contributed by atoms with Gasteiger partial charge in [-0.05, 0) is 31.2 Å². The van der Waals surface area contributed by atoms with Crippen molar-refractivity contribution >= 4 is 61.6 Å². The van der Waals surface area contributed by atoms with Gasteiger partial charge in [-0.2, -0.15) is 0 Å². The molecule has 132 valence electrons. The molecule has 10 heteroatoms. The van der Waals surface area contributed by atoms with Crippen LogP contribution in [0.4, 0.5) is 5.69 Å². The molecule has 25 heavy (non-hydrogen) atoms. The highest BCUT2D eigenvalue weighted by Crippen LogP contribution is 2.30. The number of aryl methyl sites for hydroxylation is 1. The van der Waals surface area contributed by atoms with Gasteiger partial charge in [-0.25, -0.2) is 13.2 Å². The number of benzene rings is 2. The van der Waals surface area contributed by atoms with Gasteiger partial charge in [0.05, 0.1) is 26.3 Å². The summed E-state index contributed by atoms with van der Waals surface area (Å²) < 4.78 is 34.0. The van der Waals surface area contributed by atoms with E-state index in [1.54, 1.807) is 6.92 Å². The maximum Gasteiger partial charge on any atom is 0.419 e. The van der Waals surface area contributed by atoms with Gasteiger partial charge in [-0.3, -0.25) is 9.29 Å². The first-order valence-corrected chi connectivity index (χ1v) is 9.65. The summed E-state index contributed by atoms with van der Waals surface area (Å²) in [5, 5.41) is 0.462. The van der Waals surface area contributed by atoms with E-state index in [1.807, 2.05) is 0 Å². The van der Waals surface area contributed by atoms with Crippen LogP contribution in [0.1, 0.15) is 6.92 Å². The van der Waals surface area contributed by atoms with Crippen LogP contribution in [-0.2, 0) is 16.6 Å². The summed E-state index contributed by atoms with van der Waals surface area (Å²) in [6, 6.07) is 6.90. The first-order valence-electron chi connectivity index (χ1n) is 7.03. The van der Waals surface area contributed by atoms with Gasteiger partial charge in [0.2, 0.25) is 0 Å². The summed E-state index contributed by atoms with van der Waals surface area (Å²) in [6.45, 7) is 2.14. The molecule has 3 aromatic rings. The third-order valence-corrected chi connectivity index (χ3v) is 6.08. The Hall–Kier alpha value is -1.67. The van der Waals surface area contributed by atoms with Crippen LogP contribution in [0.5, 0.6) is 0 Å². The number of rotatable bonds is 4. The van der Waals surface area contributed by atoms with Gasteiger partial charge in [0.15, 0.2) is 5.58 Å². The van der Waals surface area contributed by atoms with Crippen LogP contribution in [0.3, 0.4) is 0 Å². The largest absolute Gasteiger partial charge is 0.419 e. The second-order valence-corrected chi connectivity index (χ2v) is 7.97. The number of oxazole rings is 1. The van der Waals surface area contributed by atoms with Crippen molar-refractivity contribution in [2.45, 2.75) is 18.4 Å². The zero-order valence-corrected chi connectivity index (χ0v) is 15.8. The van der Waals surface area contributed by atoms with Crippen LogP contribution >= 0.6 is 34.8 Å². The van der Waals surface area contributed by atoms with E-state index >= 15 is 0 Å². The second-order valence-electron chi connectivity index (χ2n) is 5.10. The molecule has 0 atom stereocenters. The van der Waals surface area contributed by atoms with E-state index in [4.69, 9.17) is 39.2 Å². The molecular weight excluding hydrogens is 411 g/mol. The summed E-state index contributed by atoms with van der Waals surface area (Å²) in [6.07, 6.45) is 0. The maximum atomic E-state index is 12.6. The molecule has 0 aliphatic heterocycles. The van der Waals surface area contributed by atoms with E-state index in [0.717, 1.165) is 0 Å². The average molecular weight is 422 g/mol. The number of nitrogens with zero attached hydrogens (tertiary/aromatic N) is 1. The quantitative estimate of drug-likeness (QED) is 0.678. The molecule has 3 rings (SSSR count). The molecular formula is C15H11Cl3N2O4S. The molecule has 1 N–H and O–H groups in total. The van der Waals surface area contributed by atoms with Crippen molar-refractivity contribution in [3.63, 3.8) is 0 Å². The molecule has 0 unspecified atom stereocenters. The minimum absolute atomic E-state index is 0.0388. The van der Waals surface area contributed by atoms with Gasteiger partial charge in [-0.15, -0.1) is 0 Å². The predicted octanol–water partition coefficient (Wildman–Crippen LogP) is 4.38. The number of hydrogen-bond donors (Lipinski definition) is 1. The summed E-state index contributed by atoms with van der Waals surface area (Å²) in [5.74, 6) is -0.583. The normalized spacial score (nSPS) is 11.8. The van der Waals surface area contributed by atoms with E-state index in [1.165, 1.54) is 34.9 Å². The molecule has 0 amide bonds. The van der Waals surface area contributed by atoms with Gasteiger partial charge >= 0.3 is 5.76 Å². The lowest BCUT2D eigenvalue weighted by molar-refractivity contribution is 0.512. The molecule has 0 aliphatic rings. The van der Waals surface area contributed by atoms with Crippen molar-refractivity contribution in [1.82, 2.24) is 4.57 Å². The number of halogens is 3. The first kappa shape index (κ1) is 18.1. The molecule has 0 spiro atoms. The van der Waals surface area contributed by atoms with E-state index in [2.05, 4.69) is 4.72 Å². The van der Waals surface area contributed by atoms with Gasteiger partial charge in [0, 0.05) is 12.6 Å². The fraction of sp³-hybridized carbons (Fsp3) is 0.133. The van der Waals surface area contributed by atoms with Crippen molar-refractivity contribution in [2.24, 2.45) is 0 Å². The summed E-state index contributed by atoms with van der Waals surface area (Å²) >= 11 is 17.8. The monoisotopic (exact) mass is 420 g/mol. The van der Waals surface area contributed by atoms with Crippen LogP contribution in [0.25, 0.3) is 11.1 Å². The Morgan fingerprint density at radius 1 is 1.08 bits per heavy atom. The van der Waals surface area contributed by atoms with Gasteiger partial charge in [-0.1, -0.05) is 34.8 Å². The molecule has 1 aromatic heterocycles. The summed E-state index contributed by atoms with van der Waals surface area (Å²) in [4.78, 5) is 11.5. The second kappa shape index (κ2) is 6.57. The molecule has 0 saturated carbocycles. The van der Waals surface area contributed by atoms with Crippen LogP contribution in [0.15, 0.2) is 44.4 Å². The Kier molecular flexibility index (Phi) is 4.76. The standard InChI is InChI=1S/C15H11Cl3N2O4S/c1-2-20-12-6-11(18)14(7-13(12)24-15(20)21)25(22,23)19-8-3-4-9(16)10(17)5-8/h3-7,19H,2H2,1H3. The van der Waals surface area contributed by atoms with Gasteiger partial charge < -0.3 is 4.42 Å². The van der Waals surface area contributed by atoms with Gasteiger partial charge in [0.25, 0.3) is 10.0 Å². The molecule has 6 nitrogen and oxygen atoms in total. The van der Waals surface area contributed by atoms with Crippen LogP contribution in [0, 0.1) is 0 Å². The first-order chi connectivity index (χ1) is 11.7. The van der Waals surface area contributed by atoms with Crippen molar-refractivity contribution < 1.29 is 12.8 Å². The molecule has 1 heterocycles. The molecule has 0 fully saturated rings. The van der Waals surface area contributed by atoms with E-state index in [-0.39, 0.29) is 26.2 Å². The molecule has 0 saturated heterocycles. The SMILES string of the molecule is CCn1c(=O)oc2cc(S(=O)(=O)Nc3ccc(Cl)c(Cl)c3)c(Cl)cc21. The molecule has 0 radical (unpaired) electrons. The van der Waals surface area contributed by atoms with Crippen molar-refractivity contribution in [3.8, 4) is 0 Å². The zero-order chi connectivity index (χ0) is 18.4. The van der Waals surface area contributed by atoms with Crippen LogP contribution in [-0.4, -0.2) is 13.0 Å². The Morgan fingerprint density at radius 2 is 1.80 bits per heavy atom. The Balaban J connectivity index is 2.09. The minimum Gasteiger partial charge on any atom is -0.408 e. The van der Waals surface area contributed by atoms with E-state index in [9.17, 15) is 13.2 Å². The summed E-state index contributed by atoms with van der Waals surface area (Å²) in [7, 11) is -4.03. The Bertz CT molecular complexity index is 1140. The topological polar surface area (TPSA) is 81.3 Å². The highest BCUT2D eigenvalue weighted by Gasteiger charge is 2.22. The van der Waals surface area contributed by atoms with E-state index in [0.29, 0.717) is 17.1 Å². The third-order valence-electron chi connectivity index (χ3n) is 3.50. The number of sulfonamides is 1. The van der Waals surface area contributed by atoms with Crippen molar-refractivity contribution in [1.29, 1.82) is 0 Å². The minimum atomic E-state index is -4.03. The number of nitrogens with one attached hydrogen (secondary N) is 1. The lowest BCUT2D eigenvalue weighted by Crippen LogP contribution is -2.14.